The van der Waals surface area contributed by atoms with Crippen LogP contribution >= 0.6 is 0 Å². The van der Waals surface area contributed by atoms with Gasteiger partial charge in [0.15, 0.2) is 6.10 Å². The first-order chi connectivity index (χ1) is 11.3. The van der Waals surface area contributed by atoms with E-state index in [-0.39, 0.29) is 24.6 Å². The fraction of sp³-hybridized carbons (Fsp3) is 0.588. The highest BCUT2D eigenvalue weighted by Crippen LogP contribution is 2.35. The third-order valence-corrected chi connectivity index (χ3v) is 4.52. The molecule has 0 aliphatic carbocycles. The van der Waals surface area contributed by atoms with Crippen molar-refractivity contribution in [3.05, 3.63) is 35.9 Å². The summed E-state index contributed by atoms with van der Waals surface area (Å²) < 4.78 is 28.4. The number of aliphatic hydroxyl groups excluding tert-OH is 1. The number of esters is 1. The number of hydrogen-bond acceptors (Lipinski definition) is 4. The number of rotatable bonds is 4. The van der Waals surface area contributed by atoms with Gasteiger partial charge in [0.25, 0.3) is 0 Å². The maximum absolute atomic E-state index is 12.1. The molecule has 114 valence electrons. The Hall–Kier alpha value is -1.39. The predicted molar refractivity (Wildman–Crippen MR) is 79.8 cm³/mol. The summed E-state index contributed by atoms with van der Waals surface area (Å²) in [5.74, 6) is -0.620. The second-order valence-electron chi connectivity index (χ2n) is 6.03. The van der Waals surface area contributed by atoms with Crippen LogP contribution in [-0.4, -0.2) is 47.2 Å². The van der Waals surface area contributed by atoms with Crippen LogP contribution in [0, 0.1) is 0 Å². The Morgan fingerprint density at radius 1 is 1.38 bits per heavy atom. The van der Waals surface area contributed by atoms with Gasteiger partial charge in [0, 0.05) is 22.6 Å². The first-order valence-corrected chi connectivity index (χ1v) is 7.55. The molecule has 2 heterocycles. The van der Waals surface area contributed by atoms with Crippen molar-refractivity contribution in [3.63, 3.8) is 0 Å². The van der Waals surface area contributed by atoms with Gasteiger partial charge in [-0.15, -0.1) is 0 Å². The Morgan fingerprint density at radius 3 is 2.67 bits per heavy atom. The lowest BCUT2D eigenvalue weighted by Crippen LogP contribution is -2.44. The van der Waals surface area contributed by atoms with Gasteiger partial charge in [0.2, 0.25) is 0 Å². The largest absolute Gasteiger partial charge is 0.460 e. The minimum atomic E-state index is -2.09. The van der Waals surface area contributed by atoms with E-state index in [9.17, 15) is 9.90 Å². The van der Waals surface area contributed by atoms with Crippen molar-refractivity contribution in [2.45, 2.75) is 56.4 Å². The second kappa shape index (κ2) is 6.16. The van der Waals surface area contributed by atoms with Crippen LogP contribution in [0.5, 0.6) is 0 Å². The summed E-state index contributed by atoms with van der Waals surface area (Å²) >= 11 is 0. The molecule has 0 aromatic heterocycles. The molecule has 0 spiro atoms. The summed E-state index contributed by atoms with van der Waals surface area (Å²) in [4.78, 5) is 13.7. The van der Waals surface area contributed by atoms with Crippen molar-refractivity contribution in [1.82, 2.24) is 4.90 Å². The molecule has 4 heteroatoms. The highest BCUT2D eigenvalue weighted by molar-refractivity contribution is 5.75. The van der Waals surface area contributed by atoms with E-state index in [1.54, 1.807) is 4.90 Å². The molecule has 0 amide bonds. The normalized spacial score (nSPS) is 32.8. The van der Waals surface area contributed by atoms with E-state index >= 15 is 0 Å². The molecule has 3 rings (SSSR count). The van der Waals surface area contributed by atoms with E-state index in [0.717, 1.165) is 18.4 Å². The first-order valence-electron chi connectivity index (χ1n) is 9.05. The maximum atomic E-state index is 12.1. The fourth-order valence-electron chi connectivity index (χ4n) is 3.39. The third kappa shape index (κ3) is 3.27. The summed E-state index contributed by atoms with van der Waals surface area (Å²) in [6, 6.07) is 9.16. The summed E-state index contributed by atoms with van der Waals surface area (Å²) in [5, 5.41) is 10.1. The molecule has 1 aromatic carbocycles. The molecule has 1 unspecified atom stereocenters. The number of aliphatic hydroxyl groups is 1. The molecule has 1 N–H and O–H groups in total. The van der Waals surface area contributed by atoms with Gasteiger partial charge in [-0.25, -0.2) is 4.79 Å². The third-order valence-electron chi connectivity index (χ3n) is 4.52. The molecular weight excluding hydrogens is 266 g/mol. The standard InChI is InChI=1S/C17H23NO3/c1-18-13-7-8-14(18)11-15(10-13)21-17(20)16(19)9-12-5-3-2-4-6-12/h2-6,13-16,19H,7-11H2,1H3/t13-,14+,15?,16-/m1/s1/i1D3. The second-order valence-corrected chi connectivity index (χ2v) is 6.03. The Bertz CT molecular complexity index is 564. The Morgan fingerprint density at radius 2 is 2.05 bits per heavy atom. The van der Waals surface area contributed by atoms with Crippen molar-refractivity contribution in [2.24, 2.45) is 0 Å². The lowest BCUT2D eigenvalue weighted by Gasteiger charge is -2.36. The lowest BCUT2D eigenvalue weighted by atomic mass is 10.0. The number of hydrogen-bond donors (Lipinski definition) is 1. The van der Waals surface area contributed by atoms with E-state index < -0.39 is 19.0 Å². The predicted octanol–water partition coefficient (Wildman–Crippen LogP) is 1.76. The highest BCUT2D eigenvalue weighted by atomic mass is 16.6. The summed E-state index contributed by atoms with van der Waals surface area (Å²) in [6.45, 7) is -2.09. The van der Waals surface area contributed by atoms with E-state index in [0.29, 0.717) is 12.8 Å². The number of carbonyl (C=O) groups excluding carboxylic acids is 1. The van der Waals surface area contributed by atoms with E-state index in [2.05, 4.69) is 0 Å². The van der Waals surface area contributed by atoms with Crippen LogP contribution in [0.15, 0.2) is 30.3 Å². The smallest absolute Gasteiger partial charge is 0.335 e. The molecule has 2 aliphatic rings. The Balaban J connectivity index is 1.55. The van der Waals surface area contributed by atoms with Gasteiger partial charge in [-0.2, -0.15) is 0 Å². The number of nitrogens with zero attached hydrogens (tertiary/aromatic N) is 1. The maximum Gasteiger partial charge on any atom is 0.335 e. The molecule has 0 saturated carbocycles. The zero-order chi connectivity index (χ0) is 17.3. The number of carbonyl (C=O) groups is 1. The van der Waals surface area contributed by atoms with Gasteiger partial charge in [-0.3, -0.25) is 0 Å². The minimum absolute atomic E-state index is 0.0692. The van der Waals surface area contributed by atoms with Gasteiger partial charge < -0.3 is 14.7 Å². The molecule has 2 fully saturated rings. The van der Waals surface area contributed by atoms with Crippen molar-refractivity contribution in [1.29, 1.82) is 0 Å². The molecular formula is C17H23NO3. The number of benzene rings is 1. The van der Waals surface area contributed by atoms with Gasteiger partial charge in [0.05, 0.1) is 0 Å². The molecule has 0 radical (unpaired) electrons. The highest BCUT2D eigenvalue weighted by Gasteiger charge is 2.40. The summed E-state index contributed by atoms with van der Waals surface area (Å²) in [7, 11) is 0. The molecule has 21 heavy (non-hydrogen) atoms. The molecule has 1 aromatic rings. The van der Waals surface area contributed by atoms with Crippen molar-refractivity contribution in [2.75, 3.05) is 6.98 Å². The van der Waals surface area contributed by atoms with Crippen LogP contribution in [-0.2, 0) is 16.0 Å². The fourth-order valence-corrected chi connectivity index (χ4v) is 3.39. The molecule has 2 saturated heterocycles. The quantitative estimate of drug-likeness (QED) is 0.859. The topological polar surface area (TPSA) is 49.8 Å². The van der Waals surface area contributed by atoms with Crippen LogP contribution in [0.4, 0.5) is 0 Å². The zero-order valence-corrected chi connectivity index (χ0v) is 11.9. The Labute approximate surface area is 129 Å². The van der Waals surface area contributed by atoms with Crippen LogP contribution in [0.25, 0.3) is 0 Å². The average molecular weight is 292 g/mol. The monoisotopic (exact) mass is 292 g/mol. The van der Waals surface area contributed by atoms with E-state index in [1.165, 1.54) is 0 Å². The van der Waals surface area contributed by atoms with Crippen molar-refractivity contribution < 1.29 is 18.8 Å². The SMILES string of the molecule is [2H]C([2H])([2H])N1[C@@H]2CC[C@H]1CC(OC(=O)[C@H](O)Cc1ccccc1)C2. The Kier molecular flexibility index (Phi) is 3.29. The number of piperidine rings is 1. The number of fused-ring (bicyclic) bond motifs is 2. The van der Waals surface area contributed by atoms with Gasteiger partial charge in [0.1, 0.15) is 6.10 Å². The average Bonchev–Trinajstić information content (AvgIpc) is 2.81. The van der Waals surface area contributed by atoms with Crippen molar-refractivity contribution >= 4 is 5.97 Å². The molecule has 2 aliphatic heterocycles. The van der Waals surface area contributed by atoms with E-state index in [4.69, 9.17) is 8.85 Å². The van der Waals surface area contributed by atoms with Crippen LogP contribution < -0.4 is 0 Å². The van der Waals surface area contributed by atoms with Gasteiger partial charge >= 0.3 is 5.97 Å². The summed E-state index contributed by atoms with van der Waals surface area (Å²) in [6.07, 6.45) is 1.43. The number of ether oxygens (including phenoxy) is 1. The van der Waals surface area contributed by atoms with Crippen LogP contribution in [0.1, 0.15) is 35.4 Å². The van der Waals surface area contributed by atoms with Crippen molar-refractivity contribution in [3.8, 4) is 0 Å². The van der Waals surface area contributed by atoms with Gasteiger partial charge in [-0.1, -0.05) is 30.3 Å². The van der Waals surface area contributed by atoms with Crippen LogP contribution in [0.2, 0.25) is 0 Å². The van der Waals surface area contributed by atoms with Crippen LogP contribution in [0.3, 0.4) is 0 Å². The zero-order valence-electron chi connectivity index (χ0n) is 14.9. The van der Waals surface area contributed by atoms with E-state index in [1.807, 2.05) is 30.3 Å². The van der Waals surface area contributed by atoms with Gasteiger partial charge in [-0.05, 0) is 38.2 Å². The molecule has 4 atom stereocenters. The molecule has 2 bridgehead atoms. The lowest BCUT2D eigenvalue weighted by molar-refractivity contribution is -0.162. The minimum Gasteiger partial charge on any atom is -0.460 e. The first kappa shape index (κ1) is 11.2. The molecule has 4 nitrogen and oxygen atoms in total. The summed E-state index contributed by atoms with van der Waals surface area (Å²) in [5.41, 5.74) is 0.874.